The van der Waals surface area contributed by atoms with Crippen molar-refractivity contribution in [3.8, 4) is 5.75 Å². The molecule has 8 heteroatoms. The minimum absolute atomic E-state index is 0.192. The number of fused-ring (bicyclic) bond motifs is 2. The molecule has 0 atom stereocenters. The zero-order chi connectivity index (χ0) is 22.9. The quantitative estimate of drug-likeness (QED) is 0.410. The van der Waals surface area contributed by atoms with E-state index in [4.69, 9.17) is 4.74 Å². The second-order valence-corrected chi connectivity index (χ2v) is 8.19. The van der Waals surface area contributed by atoms with Crippen LogP contribution < -0.4 is 10.1 Å². The fourth-order valence-electron chi connectivity index (χ4n) is 3.75. The van der Waals surface area contributed by atoms with Crippen molar-refractivity contribution < 1.29 is 9.53 Å². The number of amides is 1. The maximum Gasteiger partial charge on any atom is 0.257 e. The molecule has 0 unspecified atom stereocenters. The lowest BCUT2D eigenvalue weighted by molar-refractivity contribution is 0.102. The smallest absolute Gasteiger partial charge is 0.257 e. The first-order chi connectivity index (χ1) is 16.0. The minimum Gasteiger partial charge on any atom is -0.487 e. The van der Waals surface area contributed by atoms with E-state index in [9.17, 15) is 4.79 Å². The van der Waals surface area contributed by atoms with E-state index in [1.165, 1.54) is 0 Å². The van der Waals surface area contributed by atoms with Crippen LogP contribution in [-0.2, 0) is 6.61 Å². The number of hydrogen-bond donors (Lipinski definition) is 1. The lowest BCUT2D eigenvalue weighted by atomic mass is 10.1. The van der Waals surface area contributed by atoms with Crippen LogP contribution >= 0.6 is 0 Å². The maximum absolute atomic E-state index is 13.0. The predicted octanol–water partition coefficient (Wildman–Crippen LogP) is 4.80. The molecule has 0 spiro atoms. The third-order valence-corrected chi connectivity index (χ3v) is 5.39. The van der Waals surface area contributed by atoms with Crippen molar-refractivity contribution in [3.63, 3.8) is 0 Å². The van der Waals surface area contributed by atoms with E-state index in [-0.39, 0.29) is 11.9 Å². The Hall–Kier alpha value is -4.20. The van der Waals surface area contributed by atoms with Crippen LogP contribution in [0.5, 0.6) is 5.75 Å². The van der Waals surface area contributed by atoms with Crippen LogP contribution in [0.3, 0.4) is 0 Å². The van der Waals surface area contributed by atoms with Crippen molar-refractivity contribution in [2.75, 3.05) is 5.32 Å². The van der Waals surface area contributed by atoms with Crippen LogP contribution in [0.1, 0.15) is 41.6 Å². The van der Waals surface area contributed by atoms with Gasteiger partial charge in [0.25, 0.3) is 5.91 Å². The molecule has 1 N–H and O–H groups in total. The van der Waals surface area contributed by atoms with Gasteiger partial charge in [0.2, 0.25) is 0 Å². The van der Waals surface area contributed by atoms with Gasteiger partial charge in [0.15, 0.2) is 5.65 Å². The highest BCUT2D eigenvalue weighted by molar-refractivity contribution is 6.06. The van der Waals surface area contributed by atoms with Crippen molar-refractivity contribution in [2.45, 2.75) is 33.4 Å². The van der Waals surface area contributed by atoms with Gasteiger partial charge in [0.05, 0.1) is 23.1 Å². The zero-order valence-electron chi connectivity index (χ0n) is 18.7. The van der Waals surface area contributed by atoms with E-state index in [1.54, 1.807) is 12.3 Å². The van der Waals surface area contributed by atoms with Crippen molar-refractivity contribution in [1.29, 1.82) is 0 Å². The molecule has 0 bridgehead atoms. The molecule has 0 radical (unpaired) electrons. The molecule has 0 saturated heterocycles. The van der Waals surface area contributed by atoms with E-state index in [1.807, 2.05) is 84.7 Å². The number of ether oxygens (including phenoxy) is 1. The van der Waals surface area contributed by atoms with Gasteiger partial charge in [-0.2, -0.15) is 5.10 Å². The summed E-state index contributed by atoms with van der Waals surface area (Å²) in [6, 6.07) is 15.2. The number of hydrogen-bond acceptors (Lipinski definition) is 5. The van der Waals surface area contributed by atoms with Crippen molar-refractivity contribution in [3.05, 3.63) is 84.1 Å². The Morgan fingerprint density at radius 1 is 1.12 bits per heavy atom. The van der Waals surface area contributed by atoms with Crippen LogP contribution in [0.25, 0.3) is 16.7 Å². The largest absolute Gasteiger partial charge is 0.487 e. The number of carbonyl (C=O) groups excluding carboxylic acids is 1. The number of benzene rings is 1. The Morgan fingerprint density at radius 3 is 2.82 bits per heavy atom. The molecule has 5 aromatic rings. The highest BCUT2D eigenvalue weighted by Gasteiger charge is 2.16. The average Bonchev–Trinajstić information content (AvgIpc) is 3.40. The van der Waals surface area contributed by atoms with Gasteiger partial charge < -0.3 is 14.5 Å². The molecular formula is C25H24N6O2. The van der Waals surface area contributed by atoms with Crippen LogP contribution in [0, 0.1) is 6.92 Å². The van der Waals surface area contributed by atoms with E-state index in [2.05, 4.69) is 20.4 Å². The van der Waals surface area contributed by atoms with Gasteiger partial charge in [-0.25, -0.2) is 14.6 Å². The van der Waals surface area contributed by atoms with Gasteiger partial charge in [0.1, 0.15) is 18.0 Å². The summed E-state index contributed by atoms with van der Waals surface area (Å²) in [5, 5.41) is 8.18. The topological polar surface area (TPSA) is 86.3 Å². The molecule has 166 valence electrons. The standard InChI is InChI=1S/C25H24N6O2/c1-16(2)31-24-18(13-26-31)11-22(17(3)27-24)25(32)29-19-7-6-8-21(12-19)33-15-20-14-30-10-5-4-9-23(30)28-20/h4-14,16H,15H2,1-3H3,(H,29,32). The summed E-state index contributed by atoms with van der Waals surface area (Å²) >= 11 is 0. The number of aryl methyl sites for hydroxylation is 1. The molecule has 0 saturated carbocycles. The number of nitrogens with one attached hydrogen (secondary N) is 1. The normalized spacial score (nSPS) is 11.4. The van der Waals surface area contributed by atoms with E-state index >= 15 is 0 Å². The van der Waals surface area contributed by atoms with Gasteiger partial charge in [-0.3, -0.25) is 4.79 Å². The first kappa shape index (κ1) is 20.7. The molecule has 1 amide bonds. The van der Waals surface area contributed by atoms with Gasteiger partial charge in [-0.05, 0) is 51.1 Å². The molecule has 33 heavy (non-hydrogen) atoms. The molecule has 0 aliphatic rings. The van der Waals surface area contributed by atoms with Crippen LogP contribution in [0.4, 0.5) is 5.69 Å². The van der Waals surface area contributed by atoms with Crippen molar-refractivity contribution in [2.24, 2.45) is 0 Å². The number of pyridine rings is 2. The third kappa shape index (κ3) is 4.15. The minimum atomic E-state index is -0.225. The highest BCUT2D eigenvalue weighted by atomic mass is 16.5. The molecule has 4 aromatic heterocycles. The van der Waals surface area contributed by atoms with Gasteiger partial charge >= 0.3 is 0 Å². The first-order valence-corrected chi connectivity index (χ1v) is 10.8. The average molecular weight is 441 g/mol. The number of imidazole rings is 1. The summed E-state index contributed by atoms with van der Waals surface area (Å²) in [4.78, 5) is 22.1. The lowest BCUT2D eigenvalue weighted by Crippen LogP contribution is -2.14. The number of carbonyl (C=O) groups is 1. The number of nitrogens with zero attached hydrogens (tertiary/aromatic N) is 5. The van der Waals surface area contributed by atoms with Crippen LogP contribution in [0.15, 0.2) is 67.1 Å². The molecule has 5 rings (SSSR count). The van der Waals surface area contributed by atoms with E-state index < -0.39 is 0 Å². The highest BCUT2D eigenvalue weighted by Crippen LogP contribution is 2.22. The Kier molecular flexibility index (Phi) is 5.26. The summed E-state index contributed by atoms with van der Waals surface area (Å²) in [6.45, 7) is 6.27. The van der Waals surface area contributed by atoms with Crippen LogP contribution in [-0.4, -0.2) is 30.1 Å². The monoisotopic (exact) mass is 440 g/mol. The molecular weight excluding hydrogens is 416 g/mol. The molecule has 4 heterocycles. The van der Waals surface area contributed by atoms with Gasteiger partial charge in [0, 0.05) is 35.6 Å². The second-order valence-electron chi connectivity index (χ2n) is 8.19. The Balaban J connectivity index is 1.31. The molecule has 0 fully saturated rings. The third-order valence-electron chi connectivity index (χ3n) is 5.39. The SMILES string of the molecule is Cc1nc2c(cnn2C(C)C)cc1C(=O)Nc1cccc(OCc2cn3ccccc3n2)c1. The summed E-state index contributed by atoms with van der Waals surface area (Å²) in [6.07, 6.45) is 5.63. The summed E-state index contributed by atoms with van der Waals surface area (Å²) in [5.74, 6) is 0.421. The van der Waals surface area contributed by atoms with Crippen LogP contribution in [0.2, 0.25) is 0 Å². The predicted molar refractivity (Wildman–Crippen MR) is 127 cm³/mol. The van der Waals surface area contributed by atoms with Gasteiger partial charge in [-0.1, -0.05) is 12.1 Å². The molecule has 0 aliphatic heterocycles. The summed E-state index contributed by atoms with van der Waals surface area (Å²) in [7, 11) is 0. The van der Waals surface area contributed by atoms with E-state index in [0.717, 1.165) is 22.4 Å². The summed E-state index contributed by atoms with van der Waals surface area (Å²) < 4.78 is 9.71. The van der Waals surface area contributed by atoms with Crippen molar-refractivity contribution in [1.82, 2.24) is 24.1 Å². The Morgan fingerprint density at radius 2 is 2.00 bits per heavy atom. The number of anilines is 1. The fraction of sp³-hybridized carbons (Fsp3) is 0.200. The molecule has 1 aromatic carbocycles. The first-order valence-electron chi connectivity index (χ1n) is 10.8. The number of aromatic nitrogens is 5. The lowest BCUT2D eigenvalue weighted by Gasteiger charge is -2.11. The molecule has 0 aliphatic carbocycles. The zero-order valence-corrected chi connectivity index (χ0v) is 18.7. The Labute approximate surface area is 190 Å². The Bertz CT molecular complexity index is 1430. The maximum atomic E-state index is 13.0. The van der Waals surface area contributed by atoms with E-state index in [0.29, 0.717) is 29.3 Å². The second kappa shape index (κ2) is 8.38. The fourth-order valence-corrected chi connectivity index (χ4v) is 3.75. The molecule has 8 nitrogen and oxygen atoms in total. The van der Waals surface area contributed by atoms with Crippen molar-refractivity contribution >= 4 is 28.3 Å². The number of rotatable bonds is 6. The van der Waals surface area contributed by atoms with Gasteiger partial charge in [-0.15, -0.1) is 0 Å². The summed E-state index contributed by atoms with van der Waals surface area (Å²) in [5.41, 5.74) is 4.29.